The van der Waals surface area contributed by atoms with Crippen LogP contribution in [0, 0.1) is 5.41 Å². The summed E-state index contributed by atoms with van der Waals surface area (Å²) in [6, 6.07) is 15.9. The number of ether oxygens (including phenoxy) is 2. The Morgan fingerprint density at radius 2 is 1.80 bits per heavy atom. The quantitative estimate of drug-likeness (QED) is 0.483. The minimum atomic E-state index is -0.799. The lowest BCUT2D eigenvalue weighted by molar-refractivity contribution is 0.0418. The summed E-state index contributed by atoms with van der Waals surface area (Å²) in [5, 5.41) is 17.6. The number of hydrogen-bond acceptors (Lipinski definition) is 5. The highest BCUT2D eigenvalue weighted by atomic mass is 16.6. The molecule has 6 nitrogen and oxygen atoms in total. The zero-order chi connectivity index (χ0) is 25.6. The number of carbonyl (C=O) groups is 1. The molecule has 3 atom stereocenters. The molecule has 1 heterocycles. The molecular formula is C29H42N2O4. The van der Waals surface area contributed by atoms with Gasteiger partial charge in [-0.25, -0.2) is 4.79 Å². The molecule has 0 aliphatic carbocycles. The summed E-state index contributed by atoms with van der Waals surface area (Å²) in [6.07, 6.45) is 0.978. The van der Waals surface area contributed by atoms with E-state index in [1.54, 1.807) is 0 Å². The molecule has 3 N–H and O–H groups in total. The van der Waals surface area contributed by atoms with Crippen molar-refractivity contribution >= 4 is 6.09 Å². The highest BCUT2D eigenvalue weighted by Gasteiger charge is 2.28. The van der Waals surface area contributed by atoms with Crippen LogP contribution in [0.25, 0.3) is 0 Å². The zero-order valence-electron chi connectivity index (χ0n) is 22.1. The van der Waals surface area contributed by atoms with E-state index in [1.807, 2.05) is 51.1 Å². The van der Waals surface area contributed by atoms with Crippen LogP contribution in [0.2, 0.25) is 0 Å². The van der Waals surface area contributed by atoms with Gasteiger partial charge in [-0.15, -0.1) is 0 Å². The molecule has 35 heavy (non-hydrogen) atoms. The summed E-state index contributed by atoms with van der Waals surface area (Å²) in [5.74, 6) is 0.897. The van der Waals surface area contributed by atoms with Crippen LogP contribution in [0.15, 0.2) is 48.5 Å². The van der Waals surface area contributed by atoms with Crippen molar-refractivity contribution in [2.75, 3.05) is 13.2 Å². The fourth-order valence-corrected chi connectivity index (χ4v) is 4.39. The van der Waals surface area contributed by atoms with E-state index in [9.17, 15) is 9.90 Å². The Morgan fingerprint density at radius 3 is 2.46 bits per heavy atom. The zero-order valence-corrected chi connectivity index (χ0v) is 22.1. The van der Waals surface area contributed by atoms with Crippen molar-refractivity contribution in [1.29, 1.82) is 0 Å². The number of aliphatic hydroxyl groups is 1. The Bertz CT molecular complexity index is 963. The maximum atomic E-state index is 12.5. The summed E-state index contributed by atoms with van der Waals surface area (Å²) in [4.78, 5) is 12.5. The second-order valence-electron chi connectivity index (χ2n) is 11.7. The third kappa shape index (κ3) is 8.86. The molecule has 0 saturated carbocycles. The molecule has 1 aliphatic rings. The van der Waals surface area contributed by atoms with E-state index in [4.69, 9.17) is 9.47 Å². The number of aliphatic hydroxyl groups excluding tert-OH is 1. The van der Waals surface area contributed by atoms with E-state index < -0.39 is 23.8 Å². The van der Waals surface area contributed by atoms with Gasteiger partial charge in [0.2, 0.25) is 0 Å². The van der Waals surface area contributed by atoms with Crippen LogP contribution < -0.4 is 15.4 Å². The molecule has 0 saturated heterocycles. The van der Waals surface area contributed by atoms with E-state index >= 15 is 0 Å². The molecule has 0 aromatic heterocycles. The van der Waals surface area contributed by atoms with Gasteiger partial charge in [0, 0.05) is 24.6 Å². The van der Waals surface area contributed by atoms with Gasteiger partial charge in [-0.05, 0) is 56.2 Å². The molecule has 0 spiro atoms. The summed E-state index contributed by atoms with van der Waals surface area (Å²) >= 11 is 0. The lowest BCUT2D eigenvalue weighted by Crippen LogP contribution is -2.50. The van der Waals surface area contributed by atoms with E-state index in [2.05, 4.69) is 49.6 Å². The van der Waals surface area contributed by atoms with Gasteiger partial charge in [0.1, 0.15) is 11.4 Å². The summed E-state index contributed by atoms with van der Waals surface area (Å²) in [6.45, 7) is 13.1. The van der Waals surface area contributed by atoms with Crippen molar-refractivity contribution in [3.63, 3.8) is 0 Å². The average Bonchev–Trinajstić information content (AvgIpc) is 2.75. The van der Waals surface area contributed by atoms with Crippen LogP contribution in [-0.4, -0.2) is 42.1 Å². The van der Waals surface area contributed by atoms with Crippen LogP contribution in [0.3, 0.4) is 0 Å². The average molecular weight is 483 g/mol. The Hall–Kier alpha value is -2.57. The van der Waals surface area contributed by atoms with E-state index in [1.165, 1.54) is 5.56 Å². The number of nitrogens with one attached hydrogen (secondary N) is 2. The first-order valence-electron chi connectivity index (χ1n) is 12.6. The lowest BCUT2D eigenvalue weighted by Gasteiger charge is -2.31. The molecule has 2 aromatic carbocycles. The van der Waals surface area contributed by atoms with Gasteiger partial charge in [-0.2, -0.15) is 0 Å². The number of hydrogen-bond donors (Lipinski definition) is 3. The minimum absolute atomic E-state index is 0.0761. The number of benzene rings is 2. The van der Waals surface area contributed by atoms with Crippen LogP contribution in [0.4, 0.5) is 4.79 Å². The maximum Gasteiger partial charge on any atom is 0.407 e. The molecule has 1 amide bonds. The highest BCUT2D eigenvalue weighted by molar-refractivity contribution is 5.68. The molecule has 2 aromatic rings. The number of alkyl carbamates (subject to hydrolysis) is 1. The smallest absolute Gasteiger partial charge is 0.407 e. The monoisotopic (exact) mass is 482 g/mol. The number of fused-ring (bicyclic) bond motifs is 1. The van der Waals surface area contributed by atoms with Crippen molar-refractivity contribution in [3.8, 4) is 5.75 Å². The summed E-state index contributed by atoms with van der Waals surface area (Å²) in [5.41, 5.74) is 3.03. The van der Waals surface area contributed by atoms with Gasteiger partial charge in [-0.3, -0.25) is 0 Å². The number of rotatable bonds is 8. The molecule has 3 rings (SSSR count). The lowest BCUT2D eigenvalue weighted by atomic mass is 9.86. The largest absolute Gasteiger partial charge is 0.493 e. The SMILES string of the molecule is CC(C)(C)Cc1ccc2c(c1)C(NCC(O)C(Cc1ccccc1)NC(=O)OC(C)(C)C)CCO2. The third-order valence-corrected chi connectivity index (χ3v) is 5.89. The molecule has 6 heteroatoms. The molecular weight excluding hydrogens is 440 g/mol. The predicted molar refractivity (Wildman–Crippen MR) is 140 cm³/mol. The third-order valence-electron chi connectivity index (χ3n) is 5.89. The van der Waals surface area contributed by atoms with Crippen LogP contribution in [0.1, 0.15) is 70.7 Å². The second-order valence-corrected chi connectivity index (χ2v) is 11.7. The van der Waals surface area contributed by atoms with Crippen molar-refractivity contribution in [2.24, 2.45) is 5.41 Å². The van der Waals surface area contributed by atoms with Gasteiger partial charge in [0.25, 0.3) is 0 Å². The molecule has 192 valence electrons. The van der Waals surface area contributed by atoms with Gasteiger partial charge < -0.3 is 25.2 Å². The Labute approximate surface area is 210 Å². The Balaban J connectivity index is 1.70. The molecule has 0 fully saturated rings. The van der Waals surface area contributed by atoms with Crippen molar-refractivity contribution < 1.29 is 19.4 Å². The summed E-state index contributed by atoms with van der Waals surface area (Å²) in [7, 11) is 0. The molecule has 1 aliphatic heterocycles. The second kappa shape index (κ2) is 11.4. The first-order valence-corrected chi connectivity index (χ1v) is 12.6. The van der Waals surface area contributed by atoms with Gasteiger partial charge >= 0.3 is 6.09 Å². The van der Waals surface area contributed by atoms with Crippen molar-refractivity contribution in [2.45, 2.75) is 84.6 Å². The van der Waals surface area contributed by atoms with Gasteiger partial charge in [-0.1, -0.05) is 63.2 Å². The van der Waals surface area contributed by atoms with Gasteiger partial charge in [0.05, 0.1) is 18.8 Å². The van der Waals surface area contributed by atoms with E-state index in [0.29, 0.717) is 19.6 Å². The first-order chi connectivity index (χ1) is 16.4. The van der Waals surface area contributed by atoms with Crippen LogP contribution in [-0.2, 0) is 17.6 Å². The van der Waals surface area contributed by atoms with E-state index in [-0.39, 0.29) is 11.5 Å². The van der Waals surface area contributed by atoms with Gasteiger partial charge in [0.15, 0.2) is 0 Å². The highest BCUT2D eigenvalue weighted by Crippen LogP contribution is 2.34. The minimum Gasteiger partial charge on any atom is -0.493 e. The maximum absolute atomic E-state index is 12.5. The predicted octanol–water partition coefficient (Wildman–Crippen LogP) is 5.19. The summed E-state index contributed by atoms with van der Waals surface area (Å²) < 4.78 is 11.3. The fourth-order valence-electron chi connectivity index (χ4n) is 4.39. The van der Waals surface area contributed by atoms with Crippen molar-refractivity contribution in [3.05, 3.63) is 65.2 Å². The van der Waals surface area contributed by atoms with E-state index in [0.717, 1.165) is 29.7 Å². The number of carbonyl (C=O) groups excluding carboxylic acids is 1. The van der Waals surface area contributed by atoms with Crippen LogP contribution in [0.5, 0.6) is 5.75 Å². The normalized spacial score (nSPS) is 17.6. The topological polar surface area (TPSA) is 79.8 Å². The molecule has 3 unspecified atom stereocenters. The van der Waals surface area contributed by atoms with Crippen molar-refractivity contribution in [1.82, 2.24) is 10.6 Å². The Kier molecular flexibility index (Phi) is 8.84. The standard InChI is InChI=1S/C29H42N2O4/c1-28(2,3)18-21-12-13-26-22(16-21)23(14-15-34-26)30-19-25(32)24(17-20-10-8-7-9-11-20)31-27(33)35-29(4,5)6/h7-13,16,23-25,30,32H,14-15,17-19H2,1-6H3,(H,31,33). The first kappa shape index (κ1) is 27.0. The van der Waals surface area contributed by atoms with Crippen LogP contribution >= 0.6 is 0 Å². The number of amides is 1. The fraction of sp³-hybridized carbons (Fsp3) is 0.552. The Morgan fingerprint density at radius 1 is 1.09 bits per heavy atom. The molecule has 0 radical (unpaired) electrons. The molecule has 0 bridgehead atoms.